The van der Waals surface area contributed by atoms with Crippen LogP contribution in [0.2, 0.25) is 0 Å². The van der Waals surface area contributed by atoms with Crippen molar-refractivity contribution in [1.29, 1.82) is 0 Å². The summed E-state index contributed by atoms with van der Waals surface area (Å²) in [6.45, 7) is 13.8. The average molecular weight is 475 g/mol. The number of allylic oxidation sites excluding steroid dienone is 6. The van der Waals surface area contributed by atoms with Gasteiger partial charge in [-0.2, -0.15) is 0 Å². The molecule has 0 aliphatic heterocycles. The van der Waals surface area contributed by atoms with Gasteiger partial charge in [-0.05, 0) is 87.7 Å². The molecular weight excluding hydrogens is 432 g/mol. The van der Waals surface area contributed by atoms with Crippen molar-refractivity contribution in [2.24, 2.45) is 17.3 Å². The van der Waals surface area contributed by atoms with E-state index in [1.807, 2.05) is 6.08 Å². The summed E-state index contributed by atoms with van der Waals surface area (Å²) < 4.78 is 24.0. The molecule has 0 aromatic heterocycles. The first-order valence-corrected chi connectivity index (χ1v) is 13.9. The van der Waals surface area contributed by atoms with E-state index in [4.69, 9.17) is 0 Å². The molecule has 0 saturated heterocycles. The van der Waals surface area contributed by atoms with Gasteiger partial charge in [-0.3, -0.25) is 0 Å². The van der Waals surface area contributed by atoms with Crippen molar-refractivity contribution in [3.63, 3.8) is 0 Å². The number of hydrogen-bond donors (Lipinski definition) is 2. The van der Waals surface area contributed by atoms with Crippen LogP contribution in [0.15, 0.2) is 58.6 Å². The van der Waals surface area contributed by atoms with Crippen LogP contribution < -0.4 is 0 Å². The average Bonchev–Trinajstić information content (AvgIpc) is 3.06. The number of fused-ring (bicyclic) bond motifs is 1. The first kappa shape index (κ1) is 26.2. The molecule has 0 radical (unpaired) electrons. The summed E-state index contributed by atoms with van der Waals surface area (Å²) in [6.07, 6.45) is 13.3. The Labute approximate surface area is 200 Å². The third-order valence-electron chi connectivity index (χ3n) is 8.02. The molecule has 0 aromatic carbocycles. The highest BCUT2D eigenvalue weighted by molar-refractivity contribution is 7.95. The molecule has 2 saturated carbocycles. The predicted molar refractivity (Wildman–Crippen MR) is 136 cm³/mol. The third kappa shape index (κ3) is 5.47. The van der Waals surface area contributed by atoms with E-state index in [1.165, 1.54) is 16.6 Å². The van der Waals surface area contributed by atoms with Crippen molar-refractivity contribution < 1.29 is 18.6 Å². The van der Waals surface area contributed by atoms with Crippen molar-refractivity contribution in [3.05, 3.63) is 58.6 Å². The Kier molecular flexibility index (Phi) is 7.67. The summed E-state index contributed by atoms with van der Waals surface area (Å²) in [5, 5.41) is 21.6. The molecule has 0 heterocycles. The number of aliphatic hydroxyl groups excluding tert-OH is 2. The van der Waals surface area contributed by atoms with Crippen LogP contribution in [-0.4, -0.2) is 35.6 Å². The van der Waals surface area contributed by atoms with Crippen LogP contribution >= 0.6 is 0 Å². The largest absolute Gasteiger partial charge is 0.393 e. The Balaban J connectivity index is 1.74. The molecule has 0 unspecified atom stereocenters. The summed E-state index contributed by atoms with van der Waals surface area (Å²) in [6, 6.07) is 0. The number of sulfone groups is 1. The normalized spacial score (nSPS) is 34.7. The van der Waals surface area contributed by atoms with Crippen LogP contribution in [0.25, 0.3) is 0 Å². The SMILES string of the molecule is C=C1C(=CC=C2CCC[C@]3(C)C([C@H](C)CC=CS(=O)(=O)C(C)(C)C)=CC[C@@H]23)C[C@H](O)C[C@H]1O. The van der Waals surface area contributed by atoms with Gasteiger partial charge in [0, 0.05) is 11.8 Å². The molecule has 2 N–H and O–H groups in total. The van der Waals surface area contributed by atoms with Gasteiger partial charge < -0.3 is 10.2 Å². The van der Waals surface area contributed by atoms with Crippen LogP contribution in [-0.2, 0) is 9.84 Å². The van der Waals surface area contributed by atoms with E-state index < -0.39 is 26.8 Å². The zero-order chi connectivity index (χ0) is 24.6. The summed E-state index contributed by atoms with van der Waals surface area (Å²) in [7, 11) is -3.25. The number of aliphatic hydroxyl groups is 2. The summed E-state index contributed by atoms with van der Waals surface area (Å²) >= 11 is 0. The van der Waals surface area contributed by atoms with E-state index >= 15 is 0 Å². The van der Waals surface area contributed by atoms with Crippen molar-refractivity contribution in [2.75, 3.05) is 0 Å². The van der Waals surface area contributed by atoms with E-state index in [1.54, 1.807) is 20.8 Å². The monoisotopic (exact) mass is 474 g/mol. The molecule has 0 aromatic rings. The topological polar surface area (TPSA) is 74.6 Å². The fraction of sp³-hybridized carbons (Fsp3) is 0.643. The van der Waals surface area contributed by atoms with Crippen molar-refractivity contribution in [2.45, 2.75) is 96.5 Å². The predicted octanol–water partition coefficient (Wildman–Crippen LogP) is 5.80. The van der Waals surface area contributed by atoms with Crippen LogP contribution in [0.1, 0.15) is 79.6 Å². The maximum atomic E-state index is 12.4. The molecular formula is C28H42O4S. The molecule has 0 spiro atoms. The van der Waals surface area contributed by atoms with Gasteiger partial charge in [0.15, 0.2) is 9.84 Å². The lowest BCUT2D eigenvalue weighted by Gasteiger charge is -2.42. The van der Waals surface area contributed by atoms with Gasteiger partial charge in [0.05, 0.1) is 17.0 Å². The maximum Gasteiger partial charge on any atom is 0.176 e. The molecule has 0 amide bonds. The minimum Gasteiger partial charge on any atom is -0.393 e. The van der Waals surface area contributed by atoms with Crippen LogP contribution in [0, 0.1) is 17.3 Å². The van der Waals surface area contributed by atoms with Crippen molar-refractivity contribution >= 4 is 9.84 Å². The molecule has 3 aliphatic rings. The fourth-order valence-electron chi connectivity index (χ4n) is 5.80. The molecule has 5 heteroatoms. The van der Waals surface area contributed by atoms with Crippen molar-refractivity contribution in [1.82, 2.24) is 0 Å². The Morgan fingerprint density at radius 1 is 1.27 bits per heavy atom. The molecule has 4 nitrogen and oxygen atoms in total. The summed E-state index contributed by atoms with van der Waals surface area (Å²) in [4.78, 5) is 0. The van der Waals surface area contributed by atoms with E-state index in [2.05, 4.69) is 38.7 Å². The number of hydrogen-bond acceptors (Lipinski definition) is 4. The molecule has 184 valence electrons. The molecule has 3 rings (SSSR count). The Morgan fingerprint density at radius 3 is 2.64 bits per heavy atom. The minimum absolute atomic E-state index is 0.0986. The molecule has 5 atom stereocenters. The molecule has 0 bridgehead atoms. The minimum atomic E-state index is -3.25. The van der Waals surface area contributed by atoms with Gasteiger partial charge >= 0.3 is 0 Å². The van der Waals surface area contributed by atoms with E-state index in [0.717, 1.165) is 43.3 Å². The second-order valence-corrected chi connectivity index (χ2v) is 14.0. The first-order chi connectivity index (χ1) is 15.3. The van der Waals surface area contributed by atoms with Crippen molar-refractivity contribution in [3.8, 4) is 0 Å². The van der Waals surface area contributed by atoms with Crippen LogP contribution in [0.4, 0.5) is 0 Å². The highest BCUT2D eigenvalue weighted by atomic mass is 32.2. The zero-order valence-corrected chi connectivity index (χ0v) is 21.8. The van der Waals surface area contributed by atoms with E-state index in [0.29, 0.717) is 24.7 Å². The fourth-order valence-corrected chi connectivity index (χ4v) is 6.57. The standard InChI is InChI=1S/C28H42O4S/c1-19(9-8-16-33(31,32)27(3,4)5)24-13-14-25-21(10-7-15-28(24,25)6)11-12-22-17-23(29)18-26(30)20(22)2/h8,11-13,16,19,23,25-26,29-30H,2,7,9-10,14-15,17-18H2,1,3-6H3/t19-,23+,25+,26-,28-/m1/s1. The second-order valence-electron chi connectivity index (χ2n) is 11.5. The highest BCUT2D eigenvalue weighted by Gasteiger charge is 2.45. The van der Waals surface area contributed by atoms with Gasteiger partial charge in [0.1, 0.15) is 0 Å². The Bertz CT molecular complexity index is 989. The van der Waals surface area contributed by atoms with Gasteiger partial charge in [0.25, 0.3) is 0 Å². The van der Waals surface area contributed by atoms with Gasteiger partial charge in [-0.25, -0.2) is 8.42 Å². The van der Waals surface area contributed by atoms with E-state index in [9.17, 15) is 18.6 Å². The first-order valence-electron chi connectivity index (χ1n) is 12.3. The number of rotatable bonds is 5. The zero-order valence-electron chi connectivity index (χ0n) is 21.0. The quantitative estimate of drug-likeness (QED) is 0.494. The molecule has 2 fully saturated rings. The lowest BCUT2D eigenvalue weighted by atomic mass is 9.62. The summed E-state index contributed by atoms with van der Waals surface area (Å²) in [5.74, 6) is 0.752. The van der Waals surface area contributed by atoms with E-state index in [-0.39, 0.29) is 5.41 Å². The molecule has 33 heavy (non-hydrogen) atoms. The van der Waals surface area contributed by atoms with Gasteiger partial charge in [-0.1, -0.05) is 55.9 Å². The highest BCUT2D eigenvalue weighted by Crippen LogP contribution is 2.57. The van der Waals surface area contributed by atoms with Gasteiger partial charge in [-0.15, -0.1) is 0 Å². The molecule has 3 aliphatic carbocycles. The van der Waals surface area contributed by atoms with Crippen LogP contribution in [0.3, 0.4) is 0 Å². The maximum absolute atomic E-state index is 12.4. The second kappa shape index (κ2) is 9.67. The summed E-state index contributed by atoms with van der Waals surface area (Å²) in [5.41, 5.74) is 4.66. The lowest BCUT2D eigenvalue weighted by molar-refractivity contribution is 0.0862. The lowest BCUT2D eigenvalue weighted by Crippen LogP contribution is -2.32. The third-order valence-corrected chi connectivity index (χ3v) is 10.3. The smallest absolute Gasteiger partial charge is 0.176 e. The van der Waals surface area contributed by atoms with Gasteiger partial charge in [0.2, 0.25) is 0 Å². The Morgan fingerprint density at radius 2 is 1.97 bits per heavy atom. The Hall–Kier alpha value is -1.43. The van der Waals surface area contributed by atoms with Crippen LogP contribution in [0.5, 0.6) is 0 Å².